The normalized spacial score (nSPS) is 15.9. The molecule has 0 bridgehead atoms. The third kappa shape index (κ3) is 11.3. The molecule has 36 heavy (non-hydrogen) atoms. The Morgan fingerprint density at radius 1 is 0.694 bits per heavy atom. The molecular formula is C33H45F3. The van der Waals surface area contributed by atoms with Gasteiger partial charge in [-0.1, -0.05) is 85.4 Å². The first-order chi connectivity index (χ1) is 16.6. The summed E-state index contributed by atoms with van der Waals surface area (Å²) in [5.74, 6) is -0.987. The van der Waals surface area contributed by atoms with Crippen LogP contribution in [0.15, 0.2) is 121 Å². The second-order valence-corrected chi connectivity index (χ2v) is 10.0. The average Bonchev–Trinajstić information content (AvgIpc) is 2.85. The van der Waals surface area contributed by atoms with Gasteiger partial charge in [0.05, 0.1) is 0 Å². The molecule has 0 amide bonds. The van der Waals surface area contributed by atoms with Gasteiger partial charge in [-0.25, -0.2) is 13.2 Å². The first kappa shape index (κ1) is 33.2. The molecule has 0 aromatic rings. The van der Waals surface area contributed by atoms with Crippen LogP contribution in [-0.4, -0.2) is 0 Å². The molecule has 0 aliphatic carbocycles. The Bertz CT molecular complexity index is 967. The molecule has 0 rings (SSSR count). The van der Waals surface area contributed by atoms with E-state index in [0.29, 0.717) is 34.5 Å². The second kappa shape index (κ2) is 16.0. The second-order valence-electron chi connectivity index (χ2n) is 10.0. The van der Waals surface area contributed by atoms with Gasteiger partial charge in [0, 0.05) is 5.57 Å². The van der Waals surface area contributed by atoms with Gasteiger partial charge in [0.2, 0.25) is 0 Å². The Kier molecular flexibility index (Phi) is 14.8. The van der Waals surface area contributed by atoms with Crippen molar-refractivity contribution in [2.24, 2.45) is 23.7 Å². The zero-order valence-corrected chi connectivity index (χ0v) is 23.0. The fourth-order valence-electron chi connectivity index (χ4n) is 3.34. The van der Waals surface area contributed by atoms with Gasteiger partial charge < -0.3 is 0 Å². The smallest absolute Gasteiger partial charge is 0.166 e. The third-order valence-electron chi connectivity index (χ3n) is 6.83. The molecular weight excluding hydrogens is 453 g/mol. The number of allylic oxidation sites excluding steroid dienone is 13. The van der Waals surface area contributed by atoms with Crippen LogP contribution in [0.1, 0.15) is 60.3 Å². The molecule has 0 heterocycles. The summed E-state index contributed by atoms with van der Waals surface area (Å²) in [6.45, 7) is 36.2. The van der Waals surface area contributed by atoms with Crippen LogP contribution in [-0.2, 0) is 0 Å². The molecule has 0 radical (unpaired) electrons. The summed E-state index contributed by atoms with van der Waals surface area (Å²) in [6, 6.07) is 0. The van der Waals surface area contributed by atoms with Crippen molar-refractivity contribution in [1.29, 1.82) is 0 Å². The van der Waals surface area contributed by atoms with Crippen molar-refractivity contribution in [3.8, 4) is 0 Å². The van der Waals surface area contributed by atoms with Gasteiger partial charge in [0.25, 0.3) is 0 Å². The van der Waals surface area contributed by atoms with E-state index in [0.717, 1.165) is 25.7 Å². The van der Waals surface area contributed by atoms with Crippen LogP contribution in [0.25, 0.3) is 0 Å². The highest BCUT2D eigenvalue weighted by Gasteiger charge is 2.17. The van der Waals surface area contributed by atoms with Crippen LogP contribution in [0.5, 0.6) is 0 Å². The highest BCUT2D eigenvalue weighted by atomic mass is 19.2. The van der Waals surface area contributed by atoms with E-state index in [2.05, 4.69) is 66.8 Å². The average molecular weight is 499 g/mol. The van der Waals surface area contributed by atoms with Crippen molar-refractivity contribution < 1.29 is 13.2 Å². The fraction of sp³-hybridized carbons (Fsp3) is 0.394. The summed E-state index contributed by atoms with van der Waals surface area (Å²) in [5, 5.41) is 0. The highest BCUT2D eigenvalue weighted by molar-refractivity contribution is 5.53. The van der Waals surface area contributed by atoms with Gasteiger partial charge in [-0.3, -0.25) is 0 Å². The monoisotopic (exact) mass is 498 g/mol. The maximum Gasteiger partial charge on any atom is 0.166 e. The predicted molar refractivity (Wildman–Crippen MR) is 153 cm³/mol. The summed E-state index contributed by atoms with van der Waals surface area (Å²) in [7, 11) is 0. The van der Waals surface area contributed by atoms with Crippen LogP contribution < -0.4 is 0 Å². The molecule has 0 aliphatic heterocycles. The maximum absolute atomic E-state index is 14.9. The minimum atomic E-state index is -1.12. The summed E-state index contributed by atoms with van der Waals surface area (Å²) in [6.07, 6.45) is 10.4. The molecule has 0 aliphatic rings. The minimum absolute atomic E-state index is 0.0133. The van der Waals surface area contributed by atoms with E-state index in [-0.39, 0.29) is 22.6 Å². The zero-order valence-electron chi connectivity index (χ0n) is 23.0. The molecule has 198 valence electrons. The van der Waals surface area contributed by atoms with Gasteiger partial charge in [-0.15, -0.1) is 6.58 Å². The summed E-state index contributed by atoms with van der Waals surface area (Å²) >= 11 is 0. The minimum Gasteiger partial charge on any atom is -0.207 e. The van der Waals surface area contributed by atoms with Gasteiger partial charge in [0.15, 0.2) is 11.7 Å². The maximum atomic E-state index is 14.9. The van der Waals surface area contributed by atoms with Crippen molar-refractivity contribution in [1.82, 2.24) is 0 Å². The molecule has 0 fully saturated rings. The fourth-order valence-corrected chi connectivity index (χ4v) is 3.34. The molecule has 4 unspecified atom stereocenters. The zero-order chi connectivity index (χ0) is 28.2. The summed E-state index contributed by atoms with van der Waals surface area (Å²) < 4.78 is 42.7. The Labute approximate surface area is 218 Å². The van der Waals surface area contributed by atoms with Gasteiger partial charge in [-0.05, 0) is 90.2 Å². The largest absolute Gasteiger partial charge is 0.207 e. The van der Waals surface area contributed by atoms with E-state index >= 15 is 0 Å². The van der Waals surface area contributed by atoms with Gasteiger partial charge >= 0.3 is 0 Å². The molecule has 0 nitrogen and oxygen atoms in total. The number of halogens is 3. The van der Waals surface area contributed by atoms with Gasteiger partial charge in [-0.2, -0.15) is 0 Å². The molecule has 0 saturated carbocycles. The molecule has 0 aromatic heterocycles. The number of rotatable bonds is 17. The van der Waals surface area contributed by atoms with E-state index in [9.17, 15) is 13.2 Å². The first-order valence-electron chi connectivity index (χ1n) is 12.5. The van der Waals surface area contributed by atoms with Crippen molar-refractivity contribution in [3.63, 3.8) is 0 Å². The third-order valence-corrected chi connectivity index (χ3v) is 6.83. The lowest BCUT2D eigenvalue weighted by Gasteiger charge is -2.23. The van der Waals surface area contributed by atoms with Crippen LogP contribution in [0.3, 0.4) is 0 Å². The Hall–Kier alpha value is -2.81. The quantitative estimate of drug-likeness (QED) is 0.138. The van der Waals surface area contributed by atoms with Crippen molar-refractivity contribution in [3.05, 3.63) is 121 Å². The molecule has 3 heteroatoms. The molecule has 0 aromatic carbocycles. The lowest BCUT2D eigenvalue weighted by Crippen LogP contribution is -2.11. The highest BCUT2D eigenvalue weighted by Crippen LogP contribution is 2.30. The molecule has 0 saturated heterocycles. The van der Waals surface area contributed by atoms with E-state index < -0.39 is 17.5 Å². The Morgan fingerprint density at radius 3 is 1.69 bits per heavy atom. The van der Waals surface area contributed by atoms with Gasteiger partial charge in [0.1, 0.15) is 5.83 Å². The van der Waals surface area contributed by atoms with Crippen molar-refractivity contribution >= 4 is 0 Å². The lowest BCUT2D eigenvalue weighted by molar-refractivity contribution is 0.309. The van der Waals surface area contributed by atoms with Crippen LogP contribution in [0, 0.1) is 23.7 Å². The van der Waals surface area contributed by atoms with Crippen molar-refractivity contribution in [2.45, 2.75) is 60.3 Å². The van der Waals surface area contributed by atoms with Crippen molar-refractivity contribution in [2.75, 3.05) is 0 Å². The van der Waals surface area contributed by atoms with Crippen LogP contribution in [0.2, 0.25) is 0 Å². The SMILES string of the molecule is C=CC(C)CCC(C)C(C)CCC(C)C(=C)/C(F)=C\C(=C)C(=C)/C=C\C(=C)C(=C)/C(F)=C(/F)C(=C)C. The van der Waals surface area contributed by atoms with Crippen LogP contribution in [0.4, 0.5) is 13.2 Å². The number of hydrogen-bond acceptors (Lipinski definition) is 0. The van der Waals surface area contributed by atoms with E-state index in [1.807, 2.05) is 13.0 Å². The standard InChI is InChI=1S/C33H45F3/c1-13-22(4)14-15-23(5)24(6)16-18-26(8)29(11)31(34)20-28(10)25(7)17-19-27(9)30(12)33(36)32(35)21(2)3/h13,17,19-20,22-24,26H,1-2,7,9-12,14-16,18H2,3-6,8H3/b19-17-,31-20+,33-32-. The van der Waals surface area contributed by atoms with E-state index in [1.165, 1.54) is 25.2 Å². The molecule has 0 N–H and O–H groups in total. The number of hydrogen-bond donors (Lipinski definition) is 0. The first-order valence-corrected chi connectivity index (χ1v) is 12.5. The lowest BCUT2D eigenvalue weighted by atomic mass is 9.83. The molecule has 0 spiro atoms. The Balaban J connectivity index is 4.99. The van der Waals surface area contributed by atoms with E-state index in [4.69, 9.17) is 0 Å². The van der Waals surface area contributed by atoms with Crippen LogP contribution >= 0.6 is 0 Å². The van der Waals surface area contributed by atoms with E-state index in [1.54, 1.807) is 0 Å². The predicted octanol–water partition coefficient (Wildman–Crippen LogP) is 11.2. The summed E-state index contributed by atoms with van der Waals surface area (Å²) in [4.78, 5) is 0. The molecule has 4 atom stereocenters. The summed E-state index contributed by atoms with van der Waals surface area (Å²) in [5.41, 5.74) is 1.09. The topological polar surface area (TPSA) is 0 Å². The Morgan fingerprint density at radius 2 is 1.19 bits per heavy atom.